The lowest BCUT2D eigenvalue weighted by Gasteiger charge is -2.25. The highest BCUT2D eigenvalue weighted by atomic mass is 16.5. The Morgan fingerprint density at radius 2 is 1.62 bits per heavy atom. The van der Waals surface area contributed by atoms with Crippen molar-refractivity contribution in [3.63, 3.8) is 0 Å². The van der Waals surface area contributed by atoms with Crippen molar-refractivity contribution in [3.8, 4) is 5.75 Å². The number of nitrogens with zero attached hydrogens (tertiary/aromatic N) is 2. The summed E-state index contributed by atoms with van der Waals surface area (Å²) in [5.41, 5.74) is 3.80. The molecule has 6 nitrogen and oxygen atoms in total. The number of aliphatic hydroxyl groups is 1. The number of ether oxygens (including phenoxy) is 1. The second-order valence-electron chi connectivity index (χ2n) is 8.77. The number of aryl methyl sites for hydroxylation is 1. The van der Waals surface area contributed by atoms with E-state index in [0.717, 1.165) is 17.5 Å². The van der Waals surface area contributed by atoms with Gasteiger partial charge < -0.3 is 9.84 Å². The second-order valence-corrected chi connectivity index (χ2v) is 8.77. The van der Waals surface area contributed by atoms with E-state index in [4.69, 9.17) is 4.74 Å². The first-order chi connectivity index (χ1) is 18.1. The average Bonchev–Trinajstić information content (AvgIpc) is 3.23. The first-order valence-corrected chi connectivity index (χ1v) is 12.1. The van der Waals surface area contributed by atoms with Gasteiger partial charge in [0.1, 0.15) is 18.1 Å². The first kappa shape index (κ1) is 24.0. The van der Waals surface area contributed by atoms with Crippen LogP contribution < -0.4 is 9.64 Å². The molecule has 1 aromatic heterocycles. The van der Waals surface area contributed by atoms with Gasteiger partial charge in [-0.05, 0) is 53.4 Å². The summed E-state index contributed by atoms with van der Waals surface area (Å²) in [5, 5.41) is 11.2. The maximum Gasteiger partial charge on any atom is 0.300 e. The van der Waals surface area contributed by atoms with Gasteiger partial charge in [-0.25, -0.2) is 0 Å². The molecular weight excluding hydrogens is 464 g/mol. The quantitative estimate of drug-likeness (QED) is 0.200. The van der Waals surface area contributed by atoms with E-state index >= 15 is 0 Å². The highest BCUT2D eigenvalue weighted by Crippen LogP contribution is 2.42. The Morgan fingerprint density at radius 1 is 0.892 bits per heavy atom. The van der Waals surface area contributed by atoms with Gasteiger partial charge in [-0.15, -0.1) is 0 Å². The van der Waals surface area contributed by atoms with Crippen LogP contribution in [0.2, 0.25) is 0 Å². The number of aromatic nitrogens is 1. The number of hydrogen-bond donors (Lipinski definition) is 1. The Morgan fingerprint density at radius 3 is 2.27 bits per heavy atom. The summed E-state index contributed by atoms with van der Waals surface area (Å²) < 4.78 is 5.88. The summed E-state index contributed by atoms with van der Waals surface area (Å²) in [7, 11) is 0. The van der Waals surface area contributed by atoms with E-state index in [1.54, 1.807) is 60.9 Å². The molecule has 1 saturated heterocycles. The van der Waals surface area contributed by atoms with Gasteiger partial charge >= 0.3 is 0 Å². The van der Waals surface area contributed by atoms with Gasteiger partial charge in [0.25, 0.3) is 11.7 Å². The van der Waals surface area contributed by atoms with Crippen LogP contribution in [0, 0.1) is 0 Å². The molecule has 3 aromatic carbocycles. The maximum absolute atomic E-state index is 13.3. The fourth-order valence-corrected chi connectivity index (χ4v) is 4.45. The standard InChI is InChI=1S/C31H26N2O4/c1-2-21-10-12-23(13-11-21)29(34)27-28(24-9-6-18-32-19-24)33(31(36)30(27)35)25-14-16-26(17-15-25)37-20-22-7-4-3-5-8-22/h3-19,28,34H,2,20H2,1H3/b29-27-. The Balaban J connectivity index is 1.51. The zero-order chi connectivity index (χ0) is 25.8. The maximum atomic E-state index is 13.3. The lowest BCUT2D eigenvalue weighted by atomic mass is 9.95. The third-order valence-electron chi connectivity index (χ3n) is 6.44. The van der Waals surface area contributed by atoms with Crippen molar-refractivity contribution in [2.24, 2.45) is 0 Å². The molecule has 1 atom stereocenters. The van der Waals surface area contributed by atoms with E-state index in [2.05, 4.69) is 4.98 Å². The van der Waals surface area contributed by atoms with E-state index in [9.17, 15) is 14.7 Å². The zero-order valence-electron chi connectivity index (χ0n) is 20.4. The minimum absolute atomic E-state index is 0.0339. The van der Waals surface area contributed by atoms with Crippen LogP contribution in [-0.4, -0.2) is 21.8 Å². The molecule has 1 aliphatic heterocycles. The SMILES string of the molecule is CCc1ccc(/C(O)=C2/C(=O)C(=O)N(c3ccc(OCc4ccccc4)cc3)C2c2cccnc2)cc1. The van der Waals surface area contributed by atoms with Crippen LogP contribution in [0.3, 0.4) is 0 Å². The highest BCUT2D eigenvalue weighted by molar-refractivity contribution is 6.51. The smallest absolute Gasteiger partial charge is 0.300 e. The Kier molecular flexibility index (Phi) is 6.81. The van der Waals surface area contributed by atoms with Crippen molar-refractivity contribution in [3.05, 3.63) is 131 Å². The number of Topliss-reactive ketones (excluding diaryl/α,β-unsaturated/α-hetero) is 1. The lowest BCUT2D eigenvalue weighted by Crippen LogP contribution is -2.29. The Hall–Kier alpha value is -4.71. The summed E-state index contributed by atoms with van der Waals surface area (Å²) >= 11 is 0. The largest absolute Gasteiger partial charge is 0.507 e. The molecule has 4 aromatic rings. The number of ketones is 1. The number of aliphatic hydroxyl groups excluding tert-OH is 1. The molecule has 1 unspecified atom stereocenters. The molecule has 1 N–H and O–H groups in total. The summed E-state index contributed by atoms with van der Waals surface area (Å²) in [6.45, 7) is 2.46. The number of amides is 1. The minimum Gasteiger partial charge on any atom is -0.507 e. The summed E-state index contributed by atoms with van der Waals surface area (Å²) in [6, 6.07) is 26.9. The Labute approximate surface area is 215 Å². The van der Waals surface area contributed by atoms with Crippen molar-refractivity contribution < 1.29 is 19.4 Å². The third kappa shape index (κ3) is 4.86. The summed E-state index contributed by atoms with van der Waals surface area (Å²) in [5.74, 6) is -1.02. The van der Waals surface area contributed by atoms with Gasteiger partial charge in [-0.1, -0.05) is 67.6 Å². The molecule has 184 valence electrons. The fraction of sp³-hybridized carbons (Fsp3) is 0.129. The summed E-state index contributed by atoms with van der Waals surface area (Å²) in [4.78, 5) is 32.2. The van der Waals surface area contributed by atoms with Crippen LogP contribution in [0.15, 0.2) is 109 Å². The molecule has 0 spiro atoms. The van der Waals surface area contributed by atoms with E-state index < -0.39 is 17.7 Å². The van der Waals surface area contributed by atoms with Gasteiger partial charge in [0.15, 0.2) is 0 Å². The normalized spacial score (nSPS) is 16.7. The van der Waals surface area contributed by atoms with Gasteiger partial charge in [-0.2, -0.15) is 0 Å². The number of hydrogen-bond acceptors (Lipinski definition) is 5. The average molecular weight is 491 g/mol. The van der Waals surface area contributed by atoms with Crippen LogP contribution in [-0.2, 0) is 22.6 Å². The van der Waals surface area contributed by atoms with Crippen LogP contribution in [0.5, 0.6) is 5.75 Å². The predicted molar refractivity (Wildman–Crippen MR) is 142 cm³/mol. The molecule has 0 bridgehead atoms. The Bertz CT molecular complexity index is 1430. The monoisotopic (exact) mass is 490 g/mol. The molecule has 6 heteroatoms. The molecule has 2 heterocycles. The van der Waals surface area contributed by atoms with E-state index in [0.29, 0.717) is 29.2 Å². The molecular formula is C31H26N2O4. The lowest BCUT2D eigenvalue weighted by molar-refractivity contribution is -0.132. The van der Waals surface area contributed by atoms with Crippen LogP contribution in [0.25, 0.3) is 5.76 Å². The molecule has 0 radical (unpaired) electrons. The van der Waals surface area contributed by atoms with Crippen molar-refractivity contribution in [2.75, 3.05) is 4.90 Å². The number of benzene rings is 3. The number of carbonyl (C=O) groups excluding carboxylic acids is 2. The number of anilines is 1. The minimum atomic E-state index is -0.823. The van der Waals surface area contributed by atoms with Crippen LogP contribution in [0.4, 0.5) is 5.69 Å². The molecule has 1 amide bonds. The number of carbonyl (C=O) groups is 2. The van der Waals surface area contributed by atoms with Gasteiger partial charge in [0, 0.05) is 23.6 Å². The first-order valence-electron chi connectivity index (χ1n) is 12.1. The molecule has 0 aliphatic carbocycles. The van der Waals surface area contributed by atoms with Crippen molar-refractivity contribution in [1.82, 2.24) is 4.98 Å². The van der Waals surface area contributed by atoms with Gasteiger partial charge in [-0.3, -0.25) is 19.5 Å². The number of rotatable bonds is 7. The van der Waals surface area contributed by atoms with E-state index in [1.165, 1.54) is 4.90 Å². The fourth-order valence-electron chi connectivity index (χ4n) is 4.45. The van der Waals surface area contributed by atoms with Crippen molar-refractivity contribution in [1.29, 1.82) is 0 Å². The second kappa shape index (κ2) is 10.5. The van der Waals surface area contributed by atoms with Crippen molar-refractivity contribution in [2.45, 2.75) is 26.0 Å². The van der Waals surface area contributed by atoms with Crippen LogP contribution in [0.1, 0.15) is 35.2 Å². The van der Waals surface area contributed by atoms with E-state index in [-0.39, 0.29) is 11.3 Å². The molecule has 0 saturated carbocycles. The zero-order valence-corrected chi connectivity index (χ0v) is 20.4. The molecule has 37 heavy (non-hydrogen) atoms. The van der Waals surface area contributed by atoms with Gasteiger partial charge in [0.05, 0.1) is 11.6 Å². The molecule has 1 aliphatic rings. The molecule has 5 rings (SSSR count). The van der Waals surface area contributed by atoms with Crippen molar-refractivity contribution >= 4 is 23.1 Å². The third-order valence-corrected chi connectivity index (χ3v) is 6.44. The highest BCUT2D eigenvalue weighted by Gasteiger charge is 2.47. The summed E-state index contributed by atoms with van der Waals surface area (Å²) in [6.07, 6.45) is 4.08. The number of pyridine rings is 1. The molecule has 1 fully saturated rings. The van der Waals surface area contributed by atoms with Gasteiger partial charge in [0.2, 0.25) is 0 Å². The predicted octanol–water partition coefficient (Wildman–Crippen LogP) is 5.85. The topological polar surface area (TPSA) is 79.7 Å². The van der Waals surface area contributed by atoms with E-state index in [1.807, 2.05) is 49.4 Å². The van der Waals surface area contributed by atoms with Crippen LogP contribution >= 0.6 is 0 Å².